The van der Waals surface area contributed by atoms with Crippen molar-refractivity contribution in [3.63, 3.8) is 0 Å². The lowest BCUT2D eigenvalue weighted by Gasteiger charge is -2.31. The Labute approximate surface area is 109 Å². The number of thioether (sulfide) groups is 1. The van der Waals surface area contributed by atoms with Gasteiger partial charge in [-0.05, 0) is 55.6 Å². The highest BCUT2D eigenvalue weighted by molar-refractivity contribution is 8.06. The second-order valence-corrected chi connectivity index (χ2v) is 6.82. The van der Waals surface area contributed by atoms with Gasteiger partial charge in [-0.2, -0.15) is 0 Å². The summed E-state index contributed by atoms with van der Waals surface area (Å²) in [6.07, 6.45) is 4.78. The summed E-state index contributed by atoms with van der Waals surface area (Å²) in [5.41, 5.74) is 1.58. The quantitative estimate of drug-likeness (QED) is 0.681. The average Bonchev–Trinajstić information content (AvgIpc) is 2.27. The third-order valence-electron chi connectivity index (χ3n) is 3.21. The molecule has 0 unspecified atom stereocenters. The number of rotatable bonds is 4. The molecular weight excluding hydrogens is 234 g/mol. The molecular formula is C13H23NS2. The fourth-order valence-electron chi connectivity index (χ4n) is 2.10. The second kappa shape index (κ2) is 6.77. The molecule has 0 radical (unpaired) electrons. The zero-order valence-corrected chi connectivity index (χ0v) is 12.5. The molecule has 0 N–H and O–H groups in total. The van der Waals surface area contributed by atoms with Crippen LogP contribution in [-0.2, 0) is 0 Å². The van der Waals surface area contributed by atoms with Crippen molar-refractivity contribution < 1.29 is 0 Å². The fraction of sp³-hybridized carbons (Fsp3) is 0.692. The van der Waals surface area contributed by atoms with Gasteiger partial charge in [0.1, 0.15) is 0 Å². The van der Waals surface area contributed by atoms with E-state index in [1.807, 2.05) is 23.7 Å². The zero-order chi connectivity index (χ0) is 12.1. The maximum absolute atomic E-state index is 3.97. The van der Waals surface area contributed by atoms with Gasteiger partial charge in [0.2, 0.25) is 0 Å². The Kier molecular flexibility index (Phi) is 6.01. The highest BCUT2D eigenvalue weighted by atomic mass is 32.2. The number of hydrogen-bond donors (Lipinski definition) is 0. The van der Waals surface area contributed by atoms with E-state index in [-0.39, 0.29) is 0 Å². The molecule has 16 heavy (non-hydrogen) atoms. The number of allylic oxidation sites excluding steroid dienone is 3. The van der Waals surface area contributed by atoms with Gasteiger partial charge >= 0.3 is 0 Å². The van der Waals surface area contributed by atoms with E-state index in [0.29, 0.717) is 0 Å². The Bertz CT molecular complexity index is 276. The van der Waals surface area contributed by atoms with Gasteiger partial charge in [-0.25, -0.2) is 0 Å². The van der Waals surface area contributed by atoms with Crippen molar-refractivity contribution in [2.75, 3.05) is 19.3 Å². The molecule has 1 saturated heterocycles. The van der Waals surface area contributed by atoms with Crippen molar-refractivity contribution in [2.24, 2.45) is 5.92 Å². The molecule has 0 aliphatic carbocycles. The molecule has 0 bridgehead atoms. The largest absolute Gasteiger partial charge is 0.251 e. The molecule has 1 aliphatic rings. The van der Waals surface area contributed by atoms with Crippen molar-refractivity contribution in [2.45, 2.75) is 33.6 Å². The van der Waals surface area contributed by atoms with Gasteiger partial charge < -0.3 is 0 Å². The third kappa shape index (κ3) is 4.19. The molecule has 1 nitrogen and oxygen atoms in total. The van der Waals surface area contributed by atoms with Crippen molar-refractivity contribution in [3.05, 3.63) is 22.0 Å². The summed E-state index contributed by atoms with van der Waals surface area (Å²) in [6.45, 7) is 13.0. The predicted octanol–water partition coefficient (Wildman–Crippen LogP) is 4.54. The minimum Gasteiger partial charge on any atom is -0.251 e. The molecule has 0 aromatic heterocycles. The Morgan fingerprint density at radius 1 is 1.19 bits per heavy atom. The van der Waals surface area contributed by atoms with E-state index in [2.05, 4.69) is 37.9 Å². The monoisotopic (exact) mass is 257 g/mol. The lowest BCUT2D eigenvalue weighted by molar-refractivity contribution is 0.320. The van der Waals surface area contributed by atoms with Crippen LogP contribution in [0, 0.1) is 5.92 Å². The normalized spacial score (nSPS) is 20.8. The smallest absolute Gasteiger partial charge is 0.00949 e. The van der Waals surface area contributed by atoms with Crippen LogP contribution >= 0.6 is 23.7 Å². The molecule has 0 atom stereocenters. The zero-order valence-electron chi connectivity index (χ0n) is 10.9. The Balaban J connectivity index is 2.55. The summed E-state index contributed by atoms with van der Waals surface area (Å²) in [5, 5.41) is 0. The van der Waals surface area contributed by atoms with Crippen LogP contribution < -0.4 is 0 Å². The van der Waals surface area contributed by atoms with Crippen LogP contribution in [0.2, 0.25) is 0 Å². The van der Waals surface area contributed by atoms with Crippen LogP contribution in [0.15, 0.2) is 22.0 Å². The van der Waals surface area contributed by atoms with Crippen LogP contribution in [0.5, 0.6) is 0 Å². The fourth-order valence-corrected chi connectivity index (χ4v) is 3.53. The van der Waals surface area contributed by atoms with Gasteiger partial charge in [0.15, 0.2) is 0 Å². The molecule has 0 aromatic carbocycles. The summed E-state index contributed by atoms with van der Waals surface area (Å²) in [7, 11) is 0. The molecule has 0 aromatic rings. The van der Waals surface area contributed by atoms with Crippen LogP contribution in [0.4, 0.5) is 0 Å². The molecule has 0 amide bonds. The summed E-state index contributed by atoms with van der Waals surface area (Å²) < 4.78 is 2.46. The van der Waals surface area contributed by atoms with E-state index in [9.17, 15) is 0 Å². The summed E-state index contributed by atoms with van der Waals surface area (Å²) in [5.74, 6) is 0.787. The van der Waals surface area contributed by atoms with E-state index in [4.69, 9.17) is 0 Å². The van der Waals surface area contributed by atoms with Crippen LogP contribution in [0.3, 0.4) is 0 Å². The molecule has 1 rings (SSSR count). The Hall–Kier alpha value is 0.140. The average molecular weight is 257 g/mol. The maximum Gasteiger partial charge on any atom is 0.00949 e. The van der Waals surface area contributed by atoms with Gasteiger partial charge in [-0.1, -0.05) is 24.1 Å². The molecule has 1 heterocycles. The first-order valence-corrected chi connectivity index (χ1v) is 7.84. The summed E-state index contributed by atoms with van der Waals surface area (Å²) >= 11 is 3.71. The van der Waals surface area contributed by atoms with Crippen molar-refractivity contribution >= 4 is 23.7 Å². The predicted molar refractivity (Wildman–Crippen MR) is 78.6 cm³/mol. The molecule has 3 heteroatoms. The van der Waals surface area contributed by atoms with E-state index >= 15 is 0 Å². The minimum absolute atomic E-state index is 0.787. The lowest BCUT2D eigenvalue weighted by atomic mass is 9.91. The molecule has 92 valence electrons. The van der Waals surface area contributed by atoms with Crippen molar-refractivity contribution in [3.8, 4) is 0 Å². The molecule has 1 fully saturated rings. The first kappa shape index (κ1) is 14.2. The number of hydrogen-bond acceptors (Lipinski definition) is 3. The van der Waals surface area contributed by atoms with Gasteiger partial charge in [-0.3, -0.25) is 4.31 Å². The minimum atomic E-state index is 0.787. The van der Waals surface area contributed by atoms with Gasteiger partial charge in [0.05, 0.1) is 0 Å². The SMILES string of the molecule is C=C(C)S/C(C)=C(\C)C1CCN(SC)CC1. The lowest BCUT2D eigenvalue weighted by Crippen LogP contribution is -2.28. The first-order valence-electron chi connectivity index (χ1n) is 5.84. The van der Waals surface area contributed by atoms with E-state index in [1.165, 1.54) is 35.7 Å². The van der Waals surface area contributed by atoms with Crippen LogP contribution in [-0.4, -0.2) is 23.7 Å². The summed E-state index contributed by atoms with van der Waals surface area (Å²) in [4.78, 5) is 2.65. The Morgan fingerprint density at radius 2 is 1.75 bits per heavy atom. The Morgan fingerprint density at radius 3 is 2.19 bits per heavy atom. The summed E-state index contributed by atoms with van der Waals surface area (Å²) in [6, 6.07) is 0. The molecule has 0 saturated carbocycles. The maximum atomic E-state index is 3.97. The molecule has 1 aliphatic heterocycles. The van der Waals surface area contributed by atoms with Crippen molar-refractivity contribution in [1.82, 2.24) is 4.31 Å². The van der Waals surface area contributed by atoms with Crippen LogP contribution in [0.1, 0.15) is 33.6 Å². The van der Waals surface area contributed by atoms with Gasteiger partial charge in [0.25, 0.3) is 0 Å². The van der Waals surface area contributed by atoms with E-state index in [1.54, 1.807) is 5.57 Å². The third-order valence-corrected chi connectivity index (χ3v) is 5.07. The standard InChI is InChI=1S/C13H23NS2/c1-10(2)16-12(4)11(3)13-6-8-14(15-5)9-7-13/h13H,1,6-9H2,2-5H3/b12-11+. The van der Waals surface area contributed by atoms with Gasteiger partial charge in [0, 0.05) is 13.1 Å². The van der Waals surface area contributed by atoms with E-state index in [0.717, 1.165) is 5.92 Å². The second-order valence-electron chi connectivity index (χ2n) is 4.43. The van der Waals surface area contributed by atoms with E-state index < -0.39 is 0 Å². The number of nitrogens with zero attached hydrogens (tertiary/aromatic N) is 1. The first-order chi connectivity index (χ1) is 7.54. The number of piperidine rings is 1. The highest BCUT2D eigenvalue weighted by Crippen LogP contribution is 2.34. The van der Waals surface area contributed by atoms with Crippen molar-refractivity contribution in [1.29, 1.82) is 0 Å². The van der Waals surface area contributed by atoms with Gasteiger partial charge in [-0.15, -0.1) is 11.8 Å². The van der Waals surface area contributed by atoms with Crippen LogP contribution in [0.25, 0.3) is 0 Å². The molecule has 0 spiro atoms. The highest BCUT2D eigenvalue weighted by Gasteiger charge is 2.20. The topological polar surface area (TPSA) is 3.24 Å².